The highest BCUT2D eigenvalue weighted by atomic mass is 16.2. The number of benzene rings is 2. The van der Waals surface area contributed by atoms with Gasteiger partial charge in [-0.15, -0.1) is 6.58 Å². The number of nitrogens with zero attached hydrogens (tertiary/aromatic N) is 3. The van der Waals surface area contributed by atoms with Gasteiger partial charge in [0, 0.05) is 18.8 Å². The van der Waals surface area contributed by atoms with E-state index in [1.807, 2.05) is 62.4 Å². The van der Waals surface area contributed by atoms with Crippen molar-refractivity contribution in [2.45, 2.75) is 71.1 Å². The van der Waals surface area contributed by atoms with Crippen LogP contribution in [0, 0.1) is 23.2 Å². The molecule has 1 fully saturated rings. The van der Waals surface area contributed by atoms with Gasteiger partial charge in [-0.25, -0.2) is 0 Å². The average Bonchev–Trinajstić information content (AvgIpc) is 3.39. The molecular formula is C33H41N5O3. The number of fused-ring (bicyclic) bond motifs is 1. The van der Waals surface area contributed by atoms with Crippen molar-refractivity contribution in [3.63, 3.8) is 0 Å². The summed E-state index contributed by atoms with van der Waals surface area (Å²) in [6.45, 7) is 12.9. The van der Waals surface area contributed by atoms with Gasteiger partial charge >= 0.3 is 0 Å². The van der Waals surface area contributed by atoms with Crippen molar-refractivity contribution < 1.29 is 14.4 Å². The first-order valence-electron chi connectivity index (χ1n) is 14.5. The highest BCUT2D eigenvalue weighted by Crippen LogP contribution is 2.36. The lowest BCUT2D eigenvalue weighted by Crippen LogP contribution is -2.67. The Balaban J connectivity index is 1.76. The van der Waals surface area contributed by atoms with Gasteiger partial charge in [-0.1, -0.05) is 56.3 Å². The summed E-state index contributed by atoms with van der Waals surface area (Å²) in [5.41, 5.74) is 3.92. The van der Waals surface area contributed by atoms with Crippen LogP contribution in [-0.4, -0.2) is 53.8 Å². The van der Waals surface area contributed by atoms with Gasteiger partial charge in [-0.05, 0) is 73.8 Å². The van der Waals surface area contributed by atoms with E-state index < -0.39 is 30.1 Å². The molecule has 2 aliphatic rings. The van der Waals surface area contributed by atoms with Crippen molar-refractivity contribution in [3.8, 4) is 6.07 Å². The van der Waals surface area contributed by atoms with E-state index >= 15 is 0 Å². The Morgan fingerprint density at radius 3 is 2.32 bits per heavy atom. The molecule has 8 nitrogen and oxygen atoms in total. The van der Waals surface area contributed by atoms with Crippen LogP contribution in [0.1, 0.15) is 56.8 Å². The summed E-state index contributed by atoms with van der Waals surface area (Å²) in [5, 5.41) is 15.2. The molecule has 3 amide bonds. The maximum atomic E-state index is 14.4. The van der Waals surface area contributed by atoms with Crippen LogP contribution < -0.4 is 15.5 Å². The first-order chi connectivity index (χ1) is 19.7. The first kappa shape index (κ1) is 29.9. The molecule has 0 saturated carbocycles. The number of piperazine rings is 1. The summed E-state index contributed by atoms with van der Waals surface area (Å²) in [4.78, 5) is 45.6. The molecule has 0 spiro atoms. The minimum atomic E-state index is -1.07. The second-order valence-corrected chi connectivity index (χ2v) is 11.5. The molecule has 2 aromatic carbocycles. The van der Waals surface area contributed by atoms with Gasteiger partial charge in [-0.3, -0.25) is 14.4 Å². The number of likely N-dealkylation sites (N-methyl/N-ethyl adjacent to an activating group) is 1. The molecule has 1 saturated heterocycles. The predicted octanol–water partition coefficient (Wildman–Crippen LogP) is 3.92. The number of nitrogens with one attached hydrogen (secondary N) is 2. The van der Waals surface area contributed by atoms with Crippen LogP contribution >= 0.6 is 0 Å². The van der Waals surface area contributed by atoms with E-state index in [4.69, 9.17) is 0 Å². The first-order valence-corrected chi connectivity index (χ1v) is 14.5. The number of carbonyl (C=O) groups is 3. The summed E-state index contributed by atoms with van der Waals surface area (Å²) in [5.74, 6) is -0.980. The van der Waals surface area contributed by atoms with E-state index in [1.54, 1.807) is 6.92 Å². The van der Waals surface area contributed by atoms with Gasteiger partial charge in [0.15, 0.2) is 0 Å². The van der Waals surface area contributed by atoms with E-state index in [0.717, 1.165) is 12.2 Å². The third-order valence-corrected chi connectivity index (χ3v) is 8.09. The van der Waals surface area contributed by atoms with E-state index in [2.05, 4.69) is 41.2 Å². The quantitative estimate of drug-likeness (QED) is 0.409. The van der Waals surface area contributed by atoms with Crippen molar-refractivity contribution in [1.82, 2.24) is 15.5 Å². The fourth-order valence-electron chi connectivity index (χ4n) is 6.08. The summed E-state index contributed by atoms with van der Waals surface area (Å²) in [7, 11) is 0. The molecule has 2 N–H and O–H groups in total. The van der Waals surface area contributed by atoms with E-state index in [9.17, 15) is 19.6 Å². The Kier molecular flexibility index (Phi) is 9.49. The molecule has 8 heteroatoms. The Bertz CT molecular complexity index is 1290. The molecule has 216 valence electrons. The molecule has 2 aromatic rings. The highest BCUT2D eigenvalue weighted by molar-refractivity contribution is 6.00. The van der Waals surface area contributed by atoms with Crippen LogP contribution in [0.25, 0.3) is 0 Å². The molecule has 0 bridgehead atoms. The SMILES string of the molecule is C=CCN(CC)c1ccc([C@H](C(=O)NC(C)C#N)N2C(=O)[C@@H](C3Cc4ccccc4C3)NC(=O)[C@H]2CC(C)C)cc1. The minimum absolute atomic E-state index is 0.104. The number of hydrogen-bond acceptors (Lipinski definition) is 5. The zero-order valence-electron chi connectivity index (χ0n) is 24.5. The number of nitriles is 1. The van der Waals surface area contributed by atoms with Crippen molar-refractivity contribution in [1.29, 1.82) is 5.26 Å². The third kappa shape index (κ3) is 6.45. The highest BCUT2D eigenvalue weighted by Gasteiger charge is 2.49. The number of hydrogen-bond donors (Lipinski definition) is 2. The van der Waals surface area contributed by atoms with Crippen LogP contribution in [0.4, 0.5) is 5.69 Å². The fraction of sp³-hybridized carbons (Fsp3) is 0.455. The molecule has 1 heterocycles. The van der Waals surface area contributed by atoms with E-state index in [-0.39, 0.29) is 23.7 Å². The second kappa shape index (κ2) is 13.0. The third-order valence-electron chi connectivity index (χ3n) is 8.09. The van der Waals surface area contributed by atoms with Crippen LogP contribution in [-0.2, 0) is 27.2 Å². The van der Waals surface area contributed by atoms with Crippen LogP contribution in [0.2, 0.25) is 0 Å². The number of rotatable bonds is 11. The molecule has 1 unspecified atom stereocenters. The van der Waals surface area contributed by atoms with Crippen LogP contribution in [0.15, 0.2) is 61.2 Å². The summed E-state index contributed by atoms with van der Waals surface area (Å²) in [6, 6.07) is 14.3. The van der Waals surface area contributed by atoms with Gasteiger partial charge in [0.25, 0.3) is 0 Å². The molecule has 0 aromatic heterocycles. The Morgan fingerprint density at radius 1 is 1.15 bits per heavy atom. The molecule has 1 aliphatic heterocycles. The lowest BCUT2D eigenvalue weighted by atomic mass is 9.88. The zero-order valence-corrected chi connectivity index (χ0v) is 24.5. The molecule has 1 aliphatic carbocycles. The van der Waals surface area contributed by atoms with Crippen molar-refractivity contribution in [2.75, 3.05) is 18.0 Å². The molecule has 4 atom stereocenters. The van der Waals surface area contributed by atoms with Gasteiger partial charge in [0.05, 0.1) is 6.07 Å². The predicted molar refractivity (Wildman–Crippen MR) is 160 cm³/mol. The largest absolute Gasteiger partial charge is 0.368 e. The summed E-state index contributed by atoms with van der Waals surface area (Å²) < 4.78 is 0. The zero-order chi connectivity index (χ0) is 29.7. The number of carbonyl (C=O) groups excluding carboxylic acids is 3. The smallest absolute Gasteiger partial charge is 0.248 e. The normalized spacial score (nSPS) is 20.1. The monoisotopic (exact) mass is 555 g/mol. The molecule has 4 rings (SSSR count). The van der Waals surface area contributed by atoms with E-state index in [0.29, 0.717) is 31.4 Å². The maximum Gasteiger partial charge on any atom is 0.248 e. The Morgan fingerprint density at radius 2 is 1.78 bits per heavy atom. The Labute approximate surface area is 243 Å². The van der Waals surface area contributed by atoms with Gasteiger partial charge in [0.2, 0.25) is 17.7 Å². The topological polar surface area (TPSA) is 106 Å². The number of amides is 3. The van der Waals surface area contributed by atoms with Crippen molar-refractivity contribution in [3.05, 3.63) is 77.9 Å². The maximum absolute atomic E-state index is 14.4. The molecule has 0 radical (unpaired) electrons. The molecular weight excluding hydrogens is 514 g/mol. The summed E-state index contributed by atoms with van der Waals surface area (Å²) in [6.07, 6.45) is 3.61. The van der Waals surface area contributed by atoms with Crippen LogP contribution in [0.3, 0.4) is 0 Å². The van der Waals surface area contributed by atoms with Gasteiger partial charge in [0.1, 0.15) is 24.2 Å². The van der Waals surface area contributed by atoms with Gasteiger partial charge < -0.3 is 20.4 Å². The Hall–Kier alpha value is -4.12. The second-order valence-electron chi connectivity index (χ2n) is 11.5. The van der Waals surface area contributed by atoms with Gasteiger partial charge in [-0.2, -0.15) is 5.26 Å². The average molecular weight is 556 g/mol. The standard InChI is InChI=1S/C33H41N5O3/c1-6-16-37(7-2)27-14-12-23(13-15-27)30(32(40)35-22(5)20-34)38-28(17-21(3)4)31(39)36-29(33(38)41)26-18-24-10-8-9-11-25(24)19-26/h6,8-15,21-22,26,28-30H,1,7,16-19H2,2-5H3,(H,35,40)(H,36,39)/t22?,28-,29-,30-/m1/s1. The summed E-state index contributed by atoms with van der Waals surface area (Å²) >= 11 is 0. The lowest BCUT2D eigenvalue weighted by Gasteiger charge is -2.45. The van der Waals surface area contributed by atoms with Crippen LogP contribution in [0.5, 0.6) is 0 Å². The lowest BCUT2D eigenvalue weighted by molar-refractivity contribution is -0.157. The fourth-order valence-corrected chi connectivity index (χ4v) is 6.08. The van der Waals surface area contributed by atoms with Crippen molar-refractivity contribution in [2.24, 2.45) is 11.8 Å². The minimum Gasteiger partial charge on any atom is -0.368 e. The van der Waals surface area contributed by atoms with Crippen molar-refractivity contribution >= 4 is 23.4 Å². The molecule has 41 heavy (non-hydrogen) atoms. The van der Waals surface area contributed by atoms with E-state index in [1.165, 1.54) is 16.0 Å². The number of anilines is 1.